The van der Waals surface area contributed by atoms with Crippen LogP contribution in [-0.2, 0) is 32.5 Å². The minimum atomic E-state index is -3.90. The zero-order chi connectivity index (χ0) is 29.4. The van der Waals surface area contributed by atoms with Crippen LogP contribution in [0, 0.1) is 12.3 Å². The van der Waals surface area contributed by atoms with Gasteiger partial charge in [0.15, 0.2) is 5.01 Å². The lowest BCUT2D eigenvalue weighted by Crippen LogP contribution is -2.56. The number of fused-ring (bicyclic) bond motifs is 2. The number of benzene rings is 1. The molecular weight excluding hydrogens is 576 g/mol. The Labute approximate surface area is 249 Å². The number of aromatic nitrogens is 2. The van der Waals surface area contributed by atoms with Crippen molar-refractivity contribution in [2.24, 2.45) is 0 Å². The molecule has 222 valence electrons. The summed E-state index contributed by atoms with van der Waals surface area (Å²) >= 11 is 1.41. The molecule has 1 atom stereocenters. The maximum Gasteiger partial charge on any atom is 0.283 e. The molecule has 3 aliphatic rings. The molecule has 0 spiro atoms. The Morgan fingerprint density at radius 2 is 1.98 bits per heavy atom. The van der Waals surface area contributed by atoms with E-state index in [4.69, 9.17) is 11.2 Å². The number of hydrogen-bond acceptors (Lipinski definition) is 8. The highest BCUT2D eigenvalue weighted by molar-refractivity contribution is 7.89. The highest BCUT2D eigenvalue weighted by Crippen LogP contribution is 2.29. The second-order valence-corrected chi connectivity index (χ2v) is 14.0. The van der Waals surface area contributed by atoms with E-state index < -0.39 is 16.1 Å². The maximum atomic E-state index is 13.8. The Kier molecular flexibility index (Phi) is 8.08. The van der Waals surface area contributed by atoms with Crippen LogP contribution in [0.2, 0.25) is 0 Å². The largest absolute Gasteiger partial charge is 0.378 e. The summed E-state index contributed by atoms with van der Waals surface area (Å²) in [4.78, 5) is 41.3. The Balaban J connectivity index is 1.24. The van der Waals surface area contributed by atoms with E-state index in [9.17, 15) is 18.0 Å². The summed E-state index contributed by atoms with van der Waals surface area (Å²) in [6.07, 6.45) is 6.88. The third-order valence-corrected chi connectivity index (χ3v) is 11.1. The van der Waals surface area contributed by atoms with Crippen molar-refractivity contribution in [1.29, 1.82) is 0 Å². The smallest absolute Gasteiger partial charge is 0.283 e. The molecular formula is C29H34N6O5S2. The fourth-order valence-corrected chi connectivity index (χ4v) is 8.46. The first kappa shape index (κ1) is 28.8. The van der Waals surface area contributed by atoms with E-state index >= 15 is 0 Å². The first-order valence-corrected chi connectivity index (χ1v) is 16.4. The minimum absolute atomic E-state index is 0.0154. The van der Waals surface area contributed by atoms with Gasteiger partial charge in [-0.25, -0.2) is 13.4 Å². The highest BCUT2D eigenvalue weighted by Gasteiger charge is 2.39. The van der Waals surface area contributed by atoms with Crippen LogP contribution in [0.1, 0.15) is 38.8 Å². The van der Waals surface area contributed by atoms with Crippen molar-refractivity contribution < 1.29 is 22.7 Å². The molecule has 11 nitrogen and oxygen atoms in total. The summed E-state index contributed by atoms with van der Waals surface area (Å²) in [5.41, 5.74) is 2.30. The van der Waals surface area contributed by atoms with Crippen LogP contribution in [0.5, 0.6) is 0 Å². The highest BCUT2D eigenvalue weighted by atomic mass is 32.2. The molecule has 13 heteroatoms. The number of ether oxygens (including phenoxy) is 1. The summed E-state index contributed by atoms with van der Waals surface area (Å²) in [6.45, 7) is 4.17. The quantitative estimate of drug-likeness (QED) is 0.423. The van der Waals surface area contributed by atoms with E-state index in [1.165, 1.54) is 15.6 Å². The number of nitrogens with zero attached hydrogens (tertiary/aromatic N) is 5. The van der Waals surface area contributed by atoms with Gasteiger partial charge < -0.3 is 24.4 Å². The van der Waals surface area contributed by atoms with Crippen LogP contribution in [0.15, 0.2) is 29.3 Å². The molecule has 1 aromatic carbocycles. The number of sulfonamides is 1. The predicted octanol–water partition coefficient (Wildman–Crippen LogP) is 1.75. The van der Waals surface area contributed by atoms with Crippen molar-refractivity contribution in [1.82, 2.24) is 29.0 Å². The number of H-pyrrole nitrogens is 1. The molecule has 2 saturated heterocycles. The van der Waals surface area contributed by atoms with Crippen LogP contribution < -0.4 is 0 Å². The second kappa shape index (κ2) is 11.8. The molecule has 2 amide bonds. The molecule has 3 aliphatic heterocycles. The first-order valence-electron chi connectivity index (χ1n) is 14.2. The molecule has 1 unspecified atom stereocenters. The lowest BCUT2D eigenvalue weighted by Gasteiger charge is -2.40. The Hall–Kier alpha value is -3.28. The number of rotatable bonds is 6. The second-order valence-electron chi connectivity index (χ2n) is 11.0. The number of hydrogen-bond donors (Lipinski definition) is 1. The lowest BCUT2D eigenvalue weighted by atomic mass is 10.1. The van der Waals surface area contributed by atoms with Gasteiger partial charge in [0, 0.05) is 86.0 Å². The summed E-state index contributed by atoms with van der Waals surface area (Å²) < 4.78 is 34.4. The summed E-state index contributed by atoms with van der Waals surface area (Å²) in [6, 6.07) is 6.41. The predicted molar refractivity (Wildman–Crippen MR) is 159 cm³/mol. The average molecular weight is 611 g/mol. The fraction of sp³-hybridized carbons (Fsp3) is 0.483. The molecule has 42 heavy (non-hydrogen) atoms. The number of aromatic amines is 1. The number of terminal acetylenes is 1. The van der Waals surface area contributed by atoms with Gasteiger partial charge in [-0.05, 0) is 37.7 Å². The van der Waals surface area contributed by atoms with E-state index in [2.05, 4.69) is 20.8 Å². The molecule has 3 aromatic rings. The molecule has 2 aromatic heterocycles. The molecule has 1 N–H and O–H groups in total. The molecule has 0 saturated carbocycles. The molecule has 0 radical (unpaired) electrons. The zero-order valence-corrected chi connectivity index (χ0v) is 25.2. The van der Waals surface area contributed by atoms with E-state index in [1.54, 1.807) is 34.1 Å². The summed E-state index contributed by atoms with van der Waals surface area (Å²) in [7, 11) is -1.85. The Bertz CT molecular complexity index is 1650. The fourth-order valence-electron chi connectivity index (χ4n) is 5.83. The van der Waals surface area contributed by atoms with Crippen LogP contribution in [0.25, 0.3) is 10.9 Å². The lowest BCUT2D eigenvalue weighted by molar-refractivity contribution is -0.135. The number of carbonyl (C=O) groups is 2. The number of carbonyl (C=O) groups excluding carboxylic acids is 2. The van der Waals surface area contributed by atoms with Gasteiger partial charge in [-0.15, -0.1) is 17.8 Å². The van der Waals surface area contributed by atoms with Crippen molar-refractivity contribution >= 4 is 44.1 Å². The standard InChI is InChI=1S/C29H34N6O5S2/c1-3-20-4-6-23-21(16-20)17-26(30-23)42(38,39)34-10-11-35(22(18-34)5-7-27(36)33-12-14-40-15-13-33)29(37)28-31-24-8-9-32(2)19-25(24)41-28/h1,4,6,16-17,22,30H,5,7-15,18-19H2,2H3. The molecule has 0 aliphatic carbocycles. The van der Waals surface area contributed by atoms with Crippen molar-refractivity contribution in [3.63, 3.8) is 0 Å². The minimum Gasteiger partial charge on any atom is -0.378 e. The van der Waals surface area contributed by atoms with Crippen LogP contribution in [0.4, 0.5) is 0 Å². The normalized spacial score (nSPS) is 20.4. The van der Waals surface area contributed by atoms with Gasteiger partial charge in [-0.2, -0.15) is 4.31 Å². The van der Waals surface area contributed by atoms with E-state index in [-0.39, 0.29) is 42.9 Å². The van der Waals surface area contributed by atoms with Crippen molar-refractivity contribution in [3.05, 3.63) is 45.4 Å². The Morgan fingerprint density at radius 3 is 2.76 bits per heavy atom. The van der Waals surface area contributed by atoms with E-state index in [1.807, 2.05) is 7.05 Å². The topological polar surface area (TPSA) is 119 Å². The van der Waals surface area contributed by atoms with E-state index in [0.717, 1.165) is 30.1 Å². The van der Waals surface area contributed by atoms with Gasteiger partial charge in [-0.3, -0.25) is 9.59 Å². The van der Waals surface area contributed by atoms with E-state index in [0.29, 0.717) is 54.2 Å². The van der Waals surface area contributed by atoms with Crippen molar-refractivity contribution in [3.8, 4) is 12.3 Å². The number of amides is 2. The SMILES string of the molecule is C#Cc1ccc2[nH]c(S(=O)(=O)N3CCN(C(=O)c4nc5c(s4)CN(C)CC5)C(CCC(=O)N4CCOCC4)C3)cc2c1. The van der Waals surface area contributed by atoms with Gasteiger partial charge >= 0.3 is 0 Å². The third kappa shape index (κ3) is 5.69. The summed E-state index contributed by atoms with van der Waals surface area (Å²) in [5.74, 6) is 2.36. The molecule has 2 fully saturated rings. The van der Waals surface area contributed by atoms with Gasteiger partial charge in [-0.1, -0.05) is 5.92 Å². The zero-order valence-electron chi connectivity index (χ0n) is 23.5. The number of likely N-dealkylation sites (N-methyl/N-ethyl adjacent to an activating group) is 1. The molecule has 0 bridgehead atoms. The van der Waals surface area contributed by atoms with Crippen LogP contribution >= 0.6 is 11.3 Å². The van der Waals surface area contributed by atoms with Gasteiger partial charge in [0.25, 0.3) is 15.9 Å². The number of piperazine rings is 1. The van der Waals surface area contributed by atoms with Crippen molar-refractivity contribution in [2.45, 2.75) is 36.9 Å². The monoisotopic (exact) mass is 610 g/mol. The van der Waals surface area contributed by atoms with Gasteiger partial charge in [0.1, 0.15) is 5.03 Å². The number of nitrogens with one attached hydrogen (secondary N) is 1. The third-order valence-electron chi connectivity index (χ3n) is 8.25. The summed E-state index contributed by atoms with van der Waals surface area (Å²) in [5, 5.41) is 1.21. The van der Waals surface area contributed by atoms with Crippen LogP contribution in [0.3, 0.4) is 0 Å². The maximum absolute atomic E-state index is 13.8. The van der Waals surface area contributed by atoms with Gasteiger partial charge in [0.05, 0.1) is 18.9 Å². The van der Waals surface area contributed by atoms with Crippen LogP contribution in [-0.4, -0.2) is 115 Å². The molecule has 5 heterocycles. The number of morpholine rings is 1. The average Bonchev–Trinajstić information content (AvgIpc) is 3.64. The Morgan fingerprint density at radius 1 is 1.17 bits per heavy atom. The molecule has 6 rings (SSSR count). The van der Waals surface area contributed by atoms with Crippen molar-refractivity contribution in [2.75, 3.05) is 59.5 Å². The van der Waals surface area contributed by atoms with Gasteiger partial charge in [0.2, 0.25) is 5.91 Å². The number of thiazole rings is 1. The first-order chi connectivity index (χ1) is 20.2.